The molecule has 0 radical (unpaired) electrons. The number of hydrogen-bond acceptors (Lipinski definition) is 3. The summed E-state index contributed by atoms with van der Waals surface area (Å²) in [4.78, 5) is 11.1. The topological polar surface area (TPSA) is 75.3 Å². The van der Waals surface area contributed by atoms with Crippen molar-refractivity contribution in [2.45, 2.75) is 38.0 Å². The molecule has 0 heterocycles. The van der Waals surface area contributed by atoms with Crippen LogP contribution >= 0.6 is 23.2 Å². The average molecular weight is 415 g/mol. The number of halogens is 2. The van der Waals surface area contributed by atoms with Crippen molar-refractivity contribution in [1.82, 2.24) is 0 Å². The van der Waals surface area contributed by atoms with Crippen LogP contribution in [-0.2, 0) is 20.2 Å². The van der Waals surface area contributed by atoms with E-state index in [2.05, 4.69) is 10.0 Å². The lowest BCUT2D eigenvalue weighted by atomic mass is 9.87. The van der Waals surface area contributed by atoms with Crippen LogP contribution in [0, 0.1) is 0 Å². The van der Waals surface area contributed by atoms with Crippen molar-refractivity contribution < 1.29 is 13.2 Å². The summed E-state index contributed by atoms with van der Waals surface area (Å²) in [6.45, 7) is 7.47. The third-order valence-electron chi connectivity index (χ3n) is 3.64. The Hall–Kier alpha value is -1.76. The zero-order valence-electron chi connectivity index (χ0n) is 14.9. The van der Waals surface area contributed by atoms with Gasteiger partial charge in [-0.05, 0) is 41.3 Å². The van der Waals surface area contributed by atoms with Crippen LogP contribution in [0.25, 0.3) is 0 Å². The molecule has 2 N–H and O–H groups in total. The van der Waals surface area contributed by atoms with E-state index in [1.165, 1.54) is 25.1 Å². The van der Waals surface area contributed by atoms with E-state index in [-0.39, 0.29) is 26.9 Å². The van der Waals surface area contributed by atoms with Crippen LogP contribution in [-0.4, -0.2) is 14.3 Å². The average Bonchev–Trinajstić information content (AvgIpc) is 2.49. The van der Waals surface area contributed by atoms with Gasteiger partial charge in [0.15, 0.2) is 0 Å². The molecule has 2 aromatic carbocycles. The molecule has 2 aromatic rings. The molecular weight excluding hydrogens is 395 g/mol. The van der Waals surface area contributed by atoms with Crippen LogP contribution in [0.1, 0.15) is 33.3 Å². The number of carbonyl (C=O) groups is 1. The molecule has 140 valence electrons. The first-order valence-corrected chi connectivity index (χ1v) is 10.0. The highest BCUT2D eigenvalue weighted by Crippen LogP contribution is 2.32. The molecule has 0 bridgehead atoms. The van der Waals surface area contributed by atoms with Gasteiger partial charge in [-0.3, -0.25) is 9.52 Å². The lowest BCUT2D eigenvalue weighted by Gasteiger charge is -2.20. The maximum atomic E-state index is 12.6. The van der Waals surface area contributed by atoms with Crippen molar-refractivity contribution in [2.75, 3.05) is 10.0 Å². The van der Waals surface area contributed by atoms with Crippen molar-refractivity contribution in [3.63, 3.8) is 0 Å². The van der Waals surface area contributed by atoms with Crippen LogP contribution in [0.2, 0.25) is 10.0 Å². The number of amides is 1. The Balaban J connectivity index is 2.32. The Morgan fingerprint density at radius 1 is 0.962 bits per heavy atom. The predicted octanol–water partition coefficient (Wildman–Crippen LogP) is 5.05. The maximum Gasteiger partial charge on any atom is 0.261 e. The first-order chi connectivity index (χ1) is 11.9. The zero-order valence-corrected chi connectivity index (χ0v) is 17.2. The van der Waals surface area contributed by atoms with E-state index >= 15 is 0 Å². The number of hydrogen-bond donors (Lipinski definition) is 2. The number of anilines is 2. The molecule has 8 heteroatoms. The molecule has 0 saturated heterocycles. The van der Waals surface area contributed by atoms with Crippen molar-refractivity contribution >= 4 is 50.5 Å². The number of carbonyl (C=O) groups excluding carboxylic acids is 1. The van der Waals surface area contributed by atoms with Gasteiger partial charge in [0, 0.05) is 6.92 Å². The first-order valence-electron chi connectivity index (χ1n) is 7.80. The van der Waals surface area contributed by atoms with Crippen molar-refractivity contribution in [1.29, 1.82) is 0 Å². The highest BCUT2D eigenvalue weighted by atomic mass is 35.5. The minimum atomic E-state index is -3.88. The fourth-order valence-corrected chi connectivity index (χ4v) is 3.90. The number of nitrogens with one attached hydrogen (secondary N) is 2. The zero-order chi connectivity index (χ0) is 19.7. The molecule has 0 saturated carbocycles. The van der Waals surface area contributed by atoms with E-state index in [4.69, 9.17) is 23.2 Å². The smallest absolute Gasteiger partial charge is 0.261 e. The van der Waals surface area contributed by atoms with Gasteiger partial charge in [-0.1, -0.05) is 50.0 Å². The highest BCUT2D eigenvalue weighted by Gasteiger charge is 2.20. The van der Waals surface area contributed by atoms with Gasteiger partial charge in [0.25, 0.3) is 10.0 Å². The summed E-state index contributed by atoms with van der Waals surface area (Å²) in [5.74, 6) is -0.300. The lowest BCUT2D eigenvalue weighted by Crippen LogP contribution is -2.15. The van der Waals surface area contributed by atoms with E-state index in [1.807, 2.05) is 26.8 Å². The van der Waals surface area contributed by atoms with Gasteiger partial charge in [-0.25, -0.2) is 8.42 Å². The number of sulfonamides is 1. The minimum absolute atomic E-state index is 0.0347. The summed E-state index contributed by atoms with van der Waals surface area (Å²) < 4.78 is 27.7. The molecule has 0 atom stereocenters. The Morgan fingerprint density at radius 2 is 1.54 bits per heavy atom. The Bertz CT molecular complexity index is 951. The normalized spacial score (nSPS) is 11.9. The van der Waals surface area contributed by atoms with E-state index in [1.54, 1.807) is 12.1 Å². The lowest BCUT2D eigenvalue weighted by molar-refractivity contribution is -0.114. The highest BCUT2D eigenvalue weighted by molar-refractivity contribution is 7.92. The summed E-state index contributed by atoms with van der Waals surface area (Å²) in [5.41, 5.74) is 1.51. The monoisotopic (exact) mass is 414 g/mol. The molecule has 0 fully saturated rings. The quantitative estimate of drug-likeness (QED) is 0.734. The molecule has 0 aliphatic heterocycles. The molecule has 26 heavy (non-hydrogen) atoms. The van der Waals surface area contributed by atoms with Gasteiger partial charge in [0.1, 0.15) is 0 Å². The van der Waals surface area contributed by atoms with Gasteiger partial charge < -0.3 is 5.32 Å². The van der Waals surface area contributed by atoms with Gasteiger partial charge in [-0.15, -0.1) is 0 Å². The second-order valence-electron chi connectivity index (χ2n) is 6.87. The predicted molar refractivity (Wildman–Crippen MR) is 107 cm³/mol. The Labute approximate surface area is 163 Å². The third kappa shape index (κ3) is 4.90. The molecule has 1 amide bonds. The summed E-state index contributed by atoms with van der Waals surface area (Å²) in [7, 11) is -3.88. The number of rotatable bonds is 4. The molecule has 0 unspecified atom stereocenters. The van der Waals surface area contributed by atoms with Crippen molar-refractivity contribution in [3.8, 4) is 0 Å². The fourth-order valence-electron chi connectivity index (χ4n) is 2.22. The fraction of sp³-hybridized carbons (Fsp3) is 0.278. The van der Waals surface area contributed by atoms with E-state index in [9.17, 15) is 13.2 Å². The molecule has 0 spiro atoms. The summed E-state index contributed by atoms with van der Waals surface area (Å²) >= 11 is 12.3. The molecular formula is C18H20Cl2N2O3S. The molecule has 0 aliphatic carbocycles. The second-order valence-corrected chi connectivity index (χ2v) is 9.37. The number of benzene rings is 2. The Morgan fingerprint density at radius 3 is 2.04 bits per heavy atom. The van der Waals surface area contributed by atoms with Crippen LogP contribution < -0.4 is 10.0 Å². The van der Waals surface area contributed by atoms with Gasteiger partial charge in [0.05, 0.1) is 26.3 Å². The van der Waals surface area contributed by atoms with Crippen LogP contribution in [0.5, 0.6) is 0 Å². The van der Waals surface area contributed by atoms with E-state index in [0.717, 1.165) is 5.56 Å². The van der Waals surface area contributed by atoms with Crippen molar-refractivity contribution in [2.24, 2.45) is 0 Å². The van der Waals surface area contributed by atoms with Gasteiger partial charge in [0.2, 0.25) is 5.91 Å². The Kier molecular flexibility index (Phi) is 5.90. The van der Waals surface area contributed by atoms with Crippen LogP contribution in [0.3, 0.4) is 0 Å². The minimum Gasteiger partial charge on any atom is -0.325 e. The summed E-state index contributed by atoms with van der Waals surface area (Å²) in [6.07, 6.45) is 0. The van der Waals surface area contributed by atoms with Gasteiger partial charge >= 0.3 is 0 Å². The molecule has 2 rings (SSSR count). The standard InChI is InChI=1S/C18H20Cl2N2O3S/c1-11(23)21-16-8-6-13(10-15(16)20)26(24,25)22-17-7-5-12(9-14(17)19)18(2,3)4/h5-10,22H,1-4H3,(H,21,23). The molecule has 0 aromatic heterocycles. The second kappa shape index (κ2) is 7.47. The molecule has 5 nitrogen and oxygen atoms in total. The van der Waals surface area contributed by atoms with Crippen molar-refractivity contribution in [3.05, 3.63) is 52.0 Å². The first kappa shape index (κ1) is 20.6. The van der Waals surface area contributed by atoms with Crippen LogP contribution in [0.4, 0.5) is 11.4 Å². The maximum absolute atomic E-state index is 12.6. The molecule has 0 aliphatic rings. The summed E-state index contributed by atoms with van der Waals surface area (Å²) in [6, 6.07) is 9.27. The van der Waals surface area contributed by atoms with Gasteiger partial charge in [-0.2, -0.15) is 0 Å². The third-order valence-corrected chi connectivity index (χ3v) is 5.63. The van der Waals surface area contributed by atoms with Crippen LogP contribution in [0.15, 0.2) is 41.3 Å². The summed E-state index contributed by atoms with van der Waals surface area (Å²) in [5, 5.41) is 2.95. The largest absolute Gasteiger partial charge is 0.325 e. The SMILES string of the molecule is CC(=O)Nc1ccc(S(=O)(=O)Nc2ccc(C(C)(C)C)cc2Cl)cc1Cl. The van der Waals surface area contributed by atoms with E-state index in [0.29, 0.717) is 10.7 Å². The van der Waals surface area contributed by atoms with E-state index < -0.39 is 10.0 Å².